The zero-order valence-corrected chi connectivity index (χ0v) is 19.4. The fourth-order valence-electron chi connectivity index (χ4n) is 1.41. The molecule has 0 saturated heterocycles. The maximum absolute atomic E-state index is 12.9. The molecule has 0 fully saturated rings. The van der Waals surface area contributed by atoms with E-state index in [1.165, 1.54) is 10.8 Å². The molecule has 168 valence electrons. The number of hydrogen-bond acceptors (Lipinski definition) is 7. The molecule has 0 aliphatic heterocycles. The molecular formula is C15H22Cl2F4N4O2S2. The summed E-state index contributed by atoms with van der Waals surface area (Å²) in [7, 11) is 0. The lowest BCUT2D eigenvalue weighted by atomic mass is 10.2. The highest BCUT2D eigenvalue weighted by Crippen LogP contribution is 2.30. The van der Waals surface area contributed by atoms with Gasteiger partial charge in [0, 0.05) is 24.6 Å². The van der Waals surface area contributed by atoms with Gasteiger partial charge in [-0.2, -0.15) is 17.6 Å². The number of nitrogens with zero attached hydrogens (tertiary/aromatic N) is 2. The summed E-state index contributed by atoms with van der Waals surface area (Å²) >= 11 is 1.95. The minimum absolute atomic E-state index is 0. The summed E-state index contributed by atoms with van der Waals surface area (Å²) in [6.07, 6.45) is -0.710. The lowest BCUT2D eigenvalue weighted by molar-refractivity contribution is 0.0128. The van der Waals surface area contributed by atoms with Gasteiger partial charge in [-0.05, 0) is 20.8 Å². The van der Waals surface area contributed by atoms with Crippen molar-refractivity contribution >= 4 is 63.8 Å². The molecule has 0 saturated carbocycles. The predicted octanol–water partition coefficient (Wildman–Crippen LogP) is 6.28. The van der Waals surface area contributed by atoms with Gasteiger partial charge in [0.2, 0.25) is 0 Å². The molecule has 2 rings (SSSR count). The molecule has 0 bridgehead atoms. The molecule has 29 heavy (non-hydrogen) atoms. The smallest absolute Gasteiger partial charge is 0.413 e. The van der Waals surface area contributed by atoms with Crippen LogP contribution in [0.15, 0.2) is 10.8 Å². The van der Waals surface area contributed by atoms with Crippen molar-refractivity contribution in [3.05, 3.63) is 22.1 Å². The second kappa shape index (κ2) is 11.1. The molecule has 0 spiro atoms. The summed E-state index contributed by atoms with van der Waals surface area (Å²) in [6.45, 7) is 6.67. The lowest BCUT2D eigenvalue weighted by Gasteiger charge is -2.18. The fourth-order valence-corrected chi connectivity index (χ4v) is 2.83. The number of halogens is 6. The SMILES string of the molecule is CC(C)(C)OC(=O)Nc1nc(C(C)(F)F)cs1.CC(F)(F)c1csc(N)n1.Cl.Cl. The van der Waals surface area contributed by atoms with Gasteiger partial charge in [0.1, 0.15) is 17.0 Å². The van der Waals surface area contributed by atoms with Gasteiger partial charge in [-0.15, -0.1) is 47.5 Å². The molecule has 0 radical (unpaired) electrons. The third kappa shape index (κ3) is 11.4. The Bertz CT molecular complexity index is 771. The average molecular weight is 501 g/mol. The van der Waals surface area contributed by atoms with Crippen molar-refractivity contribution in [2.24, 2.45) is 0 Å². The number of aromatic nitrogens is 2. The topological polar surface area (TPSA) is 90.1 Å². The second-order valence-electron chi connectivity index (χ2n) is 6.51. The molecule has 0 unspecified atom stereocenters. The van der Waals surface area contributed by atoms with Crippen molar-refractivity contribution in [2.45, 2.75) is 52.1 Å². The number of carbonyl (C=O) groups is 1. The Labute approximate surface area is 186 Å². The number of anilines is 2. The Balaban J connectivity index is 0. The van der Waals surface area contributed by atoms with Crippen molar-refractivity contribution in [3.8, 4) is 0 Å². The molecule has 2 heterocycles. The number of ether oxygens (including phenoxy) is 1. The Hall–Kier alpha value is -1.37. The minimum atomic E-state index is -3.01. The van der Waals surface area contributed by atoms with Crippen LogP contribution in [0.2, 0.25) is 0 Å². The average Bonchev–Trinajstić information content (AvgIpc) is 3.04. The molecular weight excluding hydrogens is 479 g/mol. The first-order chi connectivity index (χ1) is 12.1. The monoisotopic (exact) mass is 500 g/mol. The van der Waals surface area contributed by atoms with E-state index < -0.39 is 23.5 Å². The van der Waals surface area contributed by atoms with Crippen molar-refractivity contribution in [1.82, 2.24) is 9.97 Å². The molecule has 0 atom stereocenters. The van der Waals surface area contributed by atoms with Gasteiger partial charge in [-0.1, -0.05) is 0 Å². The van der Waals surface area contributed by atoms with Gasteiger partial charge in [0.05, 0.1) is 0 Å². The number of thiazole rings is 2. The largest absolute Gasteiger partial charge is 0.444 e. The Morgan fingerprint density at radius 3 is 1.72 bits per heavy atom. The van der Waals surface area contributed by atoms with E-state index in [9.17, 15) is 22.4 Å². The normalized spacial score (nSPS) is 11.3. The lowest BCUT2D eigenvalue weighted by Crippen LogP contribution is -2.27. The van der Waals surface area contributed by atoms with Crippen LogP contribution < -0.4 is 11.1 Å². The van der Waals surface area contributed by atoms with Crippen LogP contribution in [0.25, 0.3) is 0 Å². The van der Waals surface area contributed by atoms with Crippen molar-refractivity contribution in [1.29, 1.82) is 0 Å². The van der Waals surface area contributed by atoms with E-state index >= 15 is 0 Å². The molecule has 2 aromatic heterocycles. The maximum Gasteiger partial charge on any atom is 0.413 e. The van der Waals surface area contributed by atoms with Gasteiger partial charge < -0.3 is 10.5 Å². The van der Waals surface area contributed by atoms with E-state index in [1.54, 1.807) is 20.8 Å². The number of hydrogen-bond donors (Lipinski definition) is 2. The van der Waals surface area contributed by atoms with Gasteiger partial charge in [-0.3, -0.25) is 5.32 Å². The quantitative estimate of drug-likeness (QED) is 0.483. The number of amides is 1. The predicted molar refractivity (Wildman–Crippen MR) is 112 cm³/mol. The maximum atomic E-state index is 12.9. The minimum Gasteiger partial charge on any atom is -0.444 e. The molecule has 3 N–H and O–H groups in total. The summed E-state index contributed by atoms with van der Waals surface area (Å²) in [5.41, 5.74) is 3.89. The molecule has 6 nitrogen and oxygen atoms in total. The van der Waals surface area contributed by atoms with Crippen LogP contribution in [0.4, 0.5) is 32.6 Å². The zero-order chi connectivity index (χ0) is 21.0. The van der Waals surface area contributed by atoms with Gasteiger partial charge >= 0.3 is 6.09 Å². The molecule has 0 aromatic carbocycles. The Morgan fingerprint density at radius 1 is 0.966 bits per heavy atom. The van der Waals surface area contributed by atoms with Crippen LogP contribution in [0.3, 0.4) is 0 Å². The standard InChI is InChI=1S/C10H14F2N2O2S.C5H6F2N2S.2ClH/c1-9(2,3)16-8(15)14-7-13-6(5-17-7)10(4,11)12;1-5(6,7)3-2-10-4(8)9-3;;/h5H,1-4H3,(H,13,14,15);2H,1H3,(H2,8,9);2*1H. The fraction of sp³-hybridized carbons (Fsp3) is 0.533. The second-order valence-corrected chi connectivity index (χ2v) is 8.26. The van der Waals surface area contributed by atoms with Gasteiger partial charge in [0.25, 0.3) is 11.8 Å². The number of rotatable bonds is 3. The van der Waals surface area contributed by atoms with E-state index in [-0.39, 0.29) is 46.5 Å². The molecule has 1 amide bonds. The third-order valence-electron chi connectivity index (χ3n) is 2.53. The summed E-state index contributed by atoms with van der Waals surface area (Å²) in [6, 6.07) is 0. The van der Waals surface area contributed by atoms with Crippen LogP contribution in [0, 0.1) is 0 Å². The first-order valence-corrected chi connectivity index (χ1v) is 9.27. The molecule has 2 aromatic rings. The van der Waals surface area contributed by atoms with Gasteiger partial charge in [0.15, 0.2) is 10.3 Å². The molecule has 0 aliphatic rings. The number of nitrogen functional groups attached to an aromatic ring is 1. The molecule has 14 heteroatoms. The third-order valence-corrected chi connectivity index (χ3v) is 3.97. The van der Waals surface area contributed by atoms with E-state index in [0.29, 0.717) is 0 Å². The van der Waals surface area contributed by atoms with E-state index in [1.807, 2.05) is 0 Å². The summed E-state index contributed by atoms with van der Waals surface area (Å²) in [5.74, 6) is -5.88. The number of carbonyl (C=O) groups excluding carboxylic acids is 1. The number of alkyl halides is 4. The van der Waals surface area contributed by atoms with Crippen molar-refractivity contribution in [2.75, 3.05) is 11.1 Å². The van der Waals surface area contributed by atoms with E-state index in [2.05, 4.69) is 15.3 Å². The Kier molecular flexibility index (Phi) is 11.5. The van der Waals surface area contributed by atoms with Crippen LogP contribution >= 0.6 is 47.5 Å². The highest BCUT2D eigenvalue weighted by molar-refractivity contribution is 7.14. The van der Waals surface area contributed by atoms with Crippen LogP contribution in [-0.2, 0) is 16.6 Å². The van der Waals surface area contributed by atoms with Gasteiger partial charge in [-0.25, -0.2) is 14.8 Å². The van der Waals surface area contributed by atoms with Crippen molar-refractivity contribution in [3.63, 3.8) is 0 Å². The summed E-state index contributed by atoms with van der Waals surface area (Å²) < 4.78 is 55.4. The first-order valence-electron chi connectivity index (χ1n) is 7.51. The summed E-state index contributed by atoms with van der Waals surface area (Å²) in [5, 5.41) is 5.03. The van der Waals surface area contributed by atoms with Crippen LogP contribution in [-0.4, -0.2) is 21.7 Å². The summed E-state index contributed by atoms with van der Waals surface area (Å²) in [4.78, 5) is 18.4. The zero-order valence-electron chi connectivity index (χ0n) is 16.1. The number of nitrogens with one attached hydrogen (secondary N) is 1. The first kappa shape index (κ1) is 29.8. The highest BCUT2D eigenvalue weighted by Gasteiger charge is 2.28. The van der Waals surface area contributed by atoms with E-state index in [0.717, 1.165) is 36.5 Å². The van der Waals surface area contributed by atoms with Crippen LogP contribution in [0.5, 0.6) is 0 Å². The van der Waals surface area contributed by atoms with Crippen molar-refractivity contribution < 1.29 is 27.1 Å². The number of nitrogens with two attached hydrogens (primary N) is 1. The van der Waals surface area contributed by atoms with E-state index in [4.69, 9.17) is 10.5 Å². The highest BCUT2D eigenvalue weighted by atomic mass is 35.5. The van der Waals surface area contributed by atoms with Crippen LogP contribution in [0.1, 0.15) is 46.0 Å². The molecule has 0 aliphatic carbocycles. The Morgan fingerprint density at radius 2 is 1.41 bits per heavy atom.